The molecular weight excluding hydrogens is 330 g/mol. The SMILES string of the molecule is Cc1cc(C(=O)O)ccc1Nc1cc(Br)ccc1Cl. The molecule has 0 fully saturated rings. The van der Waals surface area contributed by atoms with Gasteiger partial charge in [0.2, 0.25) is 0 Å². The first-order chi connectivity index (χ1) is 8.97. The van der Waals surface area contributed by atoms with Gasteiger partial charge in [0.05, 0.1) is 16.3 Å². The van der Waals surface area contributed by atoms with Gasteiger partial charge in [-0.2, -0.15) is 0 Å². The van der Waals surface area contributed by atoms with Crippen LogP contribution in [-0.2, 0) is 0 Å². The second-order valence-electron chi connectivity index (χ2n) is 4.08. The molecule has 0 saturated heterocycles. The van der Waals surface area contributed by atoms with Crippen molar-refractivity contribution >= 4 is 44.9 Å². The number of nitrogens with one attached hydrogen (secondary N) is 1. The predicted molar refractivity (Wildman–Crippen MR) is 80.6 cm³/mol. The maximum Gasteiger partial charge on any atom is 0.335 e. The number of carboxylic acids is 1. The monoisotopic (exact) mass is 339 g/mol. The van der Waals surface area contributed by atoms with E-state index in [9.17, 15) is 4.79 Å². The highest BCUT2D eigenvalue weighted by atomic mass is 79.9. The lowest BCUT2D eigenvalue weighted by molar-refractivity contribution is 0.0697. The number of aromatic carboxylic acids is 1. The predicted octanol–water partition coefficient (Wildman–Crippen LogP) is 4.85. The fourth-order valence-corrected chi connectivity index (χ4v) is 2.20. The van der Waals surface area contributed by atoms with Gasteiger partial charge in [0.1, 0.15) is 0 Å². The third-order valence-electron chi connectivity index (χ3n) is 2.67. The van der Waals surface area contributed by atoms with E-state index in [1.807, 2.05) is 19.1 Å². The molecule has 0 aliphatic rings. The number of carboxylic acid groups (broad SMARTS) is 1. The van der Waals surface area contributed by atoms with E-state index in [0.29, 0.717) is 5.02 Å². The van der Waals surface area contributed by atoms with Crippen LogP contribution in [0.3, 0.4) is 0 Å². The molecule has 0 spiro atoms. The summed E-state index contributed by atoms with van der Waals surface area (Å²) in [4.78, 5) is 10.9. The molecule has 0 amide bonds. The van der Waals surface area contributed by atoms with Crippen LogP contribution in [0.25, 0.3) is 0 Å². The van der Waals surface area contributed by atoms with Crippen LogP contribution in [0.1, 0.15) is 15.9 Å². The van der Waals surface area contributed by atoms with Crippen LogP contribution in [-0.4, -0.2) is 11.1 Å². The molecule has 0 aromatic heterocycles. The van der Waals surface area contributed by atoms with Crippen LogP contribution < -0.4 is 5.32 Å². The van der Waals surface area contributed by atoms with Gasteiger partial charge in [0.25, 0.3) is 0 Å². The van der Waals surface area contributed by atoms with Crippen LogP contribution in [0, 0.1) is 6.92 Å². The standard InChI is InChI=1S/C14H11BrClNO2/c1-8-6-9(14(18)19)2-5-12(8)17-13-7-10(15)3-4-11(13)16/h2-7,17H,1H3,(H,18,19). The van der Waals surface area contributed by atoms with Crippen LogP contribution >= 0.6 is 27.5 Å². The summed E-state index contributed by atoms with van der Waals surface area (Å²) in [7, 11) is 0. The van der Waals surface area contributed by atoms with Crippen LogP contribution in [0.5, 0.6) is 0 Å². The molecule has 98 valence electrons. The summed E-state index contributed by atoms with van der Waals surface area (Å²) in [6, 6.07) is 10.4. The Morgan fingerprint density at radius 1 is 1.21 bits per heavy atom. The molecule has 0 heterocycles. The van der Waals surface area contributed by atoms with Gasteiger partial charge in [-0.05, 0) is 48.9 Å². The van der Waals surface area contributed by atoms with Crippen LogP contribution in [0.2, 0.25) is 5.02 Å². The normalized spacial score (nSPS) is 10.3. The number of rotatable bonds is 3. The van der Waals surface area contributed by atoms with Crippen LogP contribution in [0.15, 0.2) is 40.9 Å². The van der Waals surface area contributed by atoms with Crippen molar-refractivity contribution in [2.45, 2.75) is 6.92 Å². The molecule has 2 rings (SSSR count). The smallest absolute Gasteiger partial charge is 0.335 e. The van der Waals surface area contributed by atoms with Crippen molar-refractivity contribution in [2.24, 2.45) is 0 Å². The number of benzene rings is 2. The Morgan fingerprint density at radius 2 is 1.95 bits per heavy atom. The van der Waals surface area contributed by atoms with E-state index in [0.717, 1.165) is 21.4 Å². The first kappa shape index (κ1) is 13.9. The lowest BCUT2D eigenvalue weighted by atomic mass is 10.1. The molecule has 0 bridgehead atoms. The van der Waals surface area contributed by atoms with Crippen molar-refractivity contribution in [1.29, 1.82) is 0 Å². The van der Waals surface area contributed by atoms with E-state index in [-0.39, 0.29) is 5.56 Å². The Balaban J connectivity index is 2.33. The van der Waals surface area contributed by atoms with Gasteiger partial charge >= 0.3 is 5.97 Å². The number of hydrogen-bond acceptors (Lipinski definition) is 2. The van der Waals surface area contributed by atoms with Crippen LogP contribution in [0.4, 0.5) is 11.4 Å². The minimum absolute atomic E-state index is 0.267. The molecule has 2 aromatic carbocycles. The summed E-state index contributed by atoms with van der Waals surface area (Å²) in [5, 5.41) is 12.7. The van der Waals surface area contributed by atoms with E-state index < -0.39 is 5.97 Å². The molecular formula is C14H11BrClNO2. The summed E-state index contributed by atoms with van der Waals surface area (Å²) in [6.45, 7) is 1.85. The molecule has 0 saturated carbocycles. The van der Waals surface area contributed by atoms with Gasteiger partial charge in [-0.15, -0.1) is 0 Å². The van der Waals surface area contributed by atoms with Crippen molar-refractivity contribution in [3.8, 4) is 0 Å². The third-order valence-corrected chi connectivity index (χ3v) is 3.49. The fourth-order valence-electron chi connectivity index (χ4n) is 1.68. The quantitative estimate of drug-likeness (QED) is 0.839. The largest absolute Gasteiger partial charge is 0.478 e. The number of halogens is 2. The minimum Gasteiger partial charge on any atom is -0.478 e. The molecule has 3 nitrogen and oxygen atoms in total. The lowest BCUT2D eigenvalue weighted by Gasteiger charge is -2.12. The number of hydrogen-bond donors (Lipinski definition) is 2. The van der Waals surface area contributed by atoms with Crippen molar-refractivity contribution in [3.63, 3.8) is 0 Å². The highest BCUT2D eigenvalue weighted by Crippen LogP contribution is 2.30. The highest BCUT2D eigenvalue weighted by molar-refractivity contribution is 9.10. The summed E-state index contributed by atoms with van der Waals surface area (Å²) < 4.78 is 0.916. The van der Waals surface area contributed by atoms with Gasteiger partial charge < -0.3 is 10.4 Å². The zero-order chi connectivity index (χ0) is 14.0. The fraction of sp³-hybridized carbons (Fsp3) is 0.0714. The second-order valence-corrected chi connectivity index (χ2v) is 5.41. The van der Waals surface area contributed by atoms with Crippen molar-refractivity contribution in [3.05, 3.63) is 57.0 Å². The summed E-state index contributed by atoms with van der Waals surface area (Å²) in [6.07, 6.45) is 0. The average molecular weight is 341 g/mol. The summed E-state index contributed by atoms with van der Waals surface area (Å²) >= 11 is 9.49. The second kappa shape index (κ2) is 5.63. The van der Waals surface area contributed by atoms with Gasteiger partial charge in [-0.25, -0.2) is 4.79 Å². The molecule has 0 aliphatic heterocycles. The zero-order valence-electron chi connectivity index (χ0n) is 10.1. The molecule has 2 N–H and O–H groups in total. The van der Waals surface area contributed by atoms with E-state index in [2.05, 4.69) is 21.2 Å². The third kappa shape index (κ3) is 3.28. The Kier molecular flexibility index (Phi) is 4.12. The summed E-state index contributed by atoms with van der Waals surface area (Å²) in [5.41, 5.74) is 2.70. The summed E-state index contributed by atoms with van der Waals surface area (Å²) in [5.74, 6) is -0.935. The van der Waals surface area contributed by atoms with Gasteiger partial charge in [-0.3, -0.25) is 0 Å². The number of anilines is 2. The Labute approximate surface area is 124 Å². The highest BCUT2D eigenvalue weighted by Gasteiger charge is 2.07. The maximum absolute atomic E-state index is 10.9. The lowest BCUT2D eigenvalue weighted by Crippen LogP contribution is -1.99. The topological polar surface area (TPSA) is 49.3 Å². The Morgan fingerprint density at radius 3 is 2.58 bits per heavy atom. The molecule has 5 heteroatoms. The number of aryl methyl sites for hydroxylation is 1. The van der Waals surface area contributed by atoms with E-state index in [1.165, 1.54) is 0 Å². The van der Waals surface area contributed by atoms with E-state index in [4.69, 9.17) is 16.7 Å². The van der Waals surface area contributed by atoms with Crippen molar-refractivity contribution < 1.29 is 9.90 Å². The molecule has 0 unspecified atom stereocenters. The first-order valence-electron chi connectivity index (χ1n) is 5.53. The molecule has 19 heavy (non-hydrogen) atoms. The van der Waals surface area contributed by atoms with E-state index >= 15 is 0 Å². The molecule has 0 atom stereocenters. The Bertz CT molecular complexity index is 643. The average Bonchev–Trinajstić information content (AvgIpc) is 2.36. The zero-order valence-corrected chi connectivity index (χ0v) is 12.4. The molecule has 2 aromatic rings. The Hall–Kier alpha value is -1.52. The van der Waals surface area contributed by atoms with Gasteiger partial charge in [-0.1, -0.05) is 27.5 Å². The number of carbonyl (C=O) groups is 1. The van der Waals surface area contributed by atoms with Gasteiger partial charge in [0.15, 0.2) is 0 Å². The van der Waals surface area contributed by atoms with Crippen molar-refractivity contribution in [2.75, 3.05) is 5.32 Å². The molecule has 0 radical (unpaired) electrons. The first-order valence-corrected chi connectivity index (χ1v) is 6.70. The van der Waals surface area contributed by atoms with E-state index in [1.54, 1.807) is 24.3 Å². The minimum atomic E-state index is -0.935. The van der Waals surface area contributed by atoms with Crippen molar-refractivity contribution in [1.82, 2.24) is 0 Å². The van der Waals surface area contributed by atoms with Gasteiger partial charge in [0, 0.05) is 10.2 Å². The molecule has 0 aliphatic carbocycles. The maximum atomic E-state index is 10.9.